The Bertz CT molecular complexity index is 144. The lowest BCUT2D eigenvalue weighted by Crippen LogP contribution is -2.25. The first-order valence-corrected chi connectivity index (χ1v) is 6.89. The third-order valence-electron chi connectivity index (χ3n) is 1.13. The molecule has 0 aliphatic carbocycles. The van der Waals surface area contributed by atoms with Crippen molar-refractivity contribution in [1.82, 2.24) is 0 Å². The third kappa shape index (κ3) is 2.54. The van der Waals surface area contributed by atoms with Crippen LogP contribution in [0.1, 0.15) is 0 Å². The average Bonchev–Trinajstić information content (AvgIpc) is 2.35. The zero-order chi connectivity index (χ0) is 7.78. The molecule has 0 spiro atoms. The molecule has 0 radical (unpaired) electrons. The molecule has 1 rings (SSSR count). The van der Waals surface area contributed by atoms with Gasteiger partial charge in [0.25, 0.3) is 0 Å². The Labute approximate surface area is 63.0 Å². The summed E-state index contributed by atoms with van der Waals surface area (Å²) < 4.78 is 10.6. The van der Waals surface area contributed by atoms with Crippen LogP contribution in [0.25, 0.3) is 0 Å². The van der Waals surface area contributed by atoms with Gasteiger partial charge in [-0.1, -0.05) is 6.58 Å². The van der Waals surface area contributed by atoms with Crippen molar-refractivity contribution in [2.45, 2.75) is 25.7 Å². The fraction of sp³-hybridized carbons (Fsp3) is 0.714. The van der Waals surface area contributed by atoms with Crippen LogP contribution in [0, 0.1) is 0 Å². The van der Waals surface area contributed by atoms with Crippen LogP contribution in [-0.4, -0.2) is 21.0 Å². The molecule has 10 heavy (non-hydrogen) atoms. The Morgan fingerprint density at radius 2 is 2.10 bits per heavy atom. The van der Waals surface area contributed by atoms with Gasteiger partial charge in [-0.15, -0.1) is 0 Å². The van der Waals surface area contributed by atoms with Crippen LogP contribution in [0.15, 0.2) is 12.3 Å². The third-order valence-corrected chi connectivity index (χ3v) is 2.00. The minimum Gasteiger partial charge on any atom is -0.546 e. The summed E-state index contributed by atoms with van der Waals surface area (Å²) in [6.45, 7) is 11.0. The minimum absolute atomic E-state index is 0.201. The molecule has 0 bridgehead atoms. The van der Waals surface area contributed by atoms with Crippen LogP contribution in [0.5, 0.6) is 0 Å². The van der Waals surface area contributed by atoms with Gasteiger partial charge in [-0.05, 0) is 19.6 Å². The summed E-state index contributed by atoms with van der Waals surface area (Å²) in [6, 6.07) is 0. The second-order valence-electron chi connectivity index (χ2n) is 3.50. The van der Waals surface area contributed by atoms with Crippen LogP contribution in [-0.2, 0) is 9.16 Å². The summed E-state index contributed by atoms with van der Waals surface area (Å²) >= 11 is 0. The molecule has 1 atom stereocenters. The maximum atomic E-state index is 5.58. The summed E-state index contributed by atoms with van der Waals surface area (Å²) in [5.74, 6) is 0.819. The van der Waals surface area contributed by atoms with Gasteiger partial charge in [0, 0.05) is 0 Å². The van der Waals surface area contributed by atoms with Gasteiger partial charge in [0.05, 0.1) is 6.61 Å². The molecule has 1 saturated heterocycles. The highest BCUT2D eigenvalue weighted by Gasteiger charge is 2.30. The van der Waals surface area contributed by atoms with Gasteiger partial charge < -0.3 is 9.16 Å². The van der Waals surface area contributed by atoms with E-state index in [9.17, 15) is 0 Å². The Morgan fingerprint density at radius 1 is 1.60 bits per heavy atom. The molecule has 1 fully saturated rings. The van der Waals surface area contributed by atoms with Crippen molar-refractivity contribution in [3.8, 4) is 0 Å². The normalized spacial score (nSPS) is 24.1. The zero-order valence-electron chi connectivity index (χ0n) is 6.81. The first kappa shape index (κ1) is 7.82. The Hall–Kier alpha value is -0.283. The molecule has 1 heterocycles. The molecule has 58 valence electrons. The van der Waals surface area contributed by atoms with Gasteiger partial charge in [0.15, 0.2) is 0 Å². The smallest absolute Gasteiger partial charge is 0.241 e. The number of hydrogen-bond acceptors (Lipinski definition) is 2. The Kier molecular flexibility index (Phi) is 1.87. The van der Waals surface area contributed by atoms with E-state index in [-0.39, 0.29) is 6.10 Å². The lowest BCUT2D eigenvalue weighted by atomic mass is 10.4. The highest BCUT2D eigenvalue weighted by Crippen LogP contribution is 2.22. The first-order valence-electron chi connectivity index (χ1n) is 3.48. The molecule has 1 aliphatic rings. The maximum Gasteiger partial charge on any atom is 0.241 e. The van der Waals surface area contributed by atoms with Crippen LogP contribution < -0.4 is 0 Å². The number of ether oxygens (including phenoxy) is 1. The summed E-state index contributed by atoms with van der Waals surface area (Å²) in [4.78, 5) is 0. The molecule has 0 aromatic carbocycles. The van der Waals surface area contributed by atoms with Crippen LogP contribution in [0.4, 0.5) is 0 Å². The van der Waals surface area contributed by atoms with E-state index in [2.05, 4.69) is 26.2 Å². The molecule has 3 heteroatoms. The van der Waals surface area contributed by atoms with Gasteiger partial charge in [-0.25, -0.2) is 0 Å². The summed E-state index contributed by atoms with van der Waals surface area (Å²) in [5.41, 5.74) is 0. The highest BCUT2D eigenvalue weighted by atomic mass is 28.4. The van der Waals surface area contributed by atoms with Crippen molar-refractivity contribution in [2.75, 3.05) is 6.61 Å². The minimum atomic E-state index is -1.42. The van der Waals surface area contributed by atoms with Gasteiger partial charge in [0.2, 0.25) is 8.32 Å². The number of epoxide rings is 1. The fourth-order valence-electron chi connectivity index (χ4n) is 0.693. The van der Waals surface area contributed by atoms with E-state index < -0.39 is 8.32 Å². The van der Waals surface area contributed by atoms with Crippen molar-refractivity contribution in [3.05, 3.63) is 12.3 Å². The monoisotopic (exact) mass is 158 g/mol. The molecule has 2 nitrogen and oxygen atoms in total. The van der Waals surface area contributed by atoms with E-state index in [0.29, 0.717) is 0 Å². The van der Waals surface area contributed by atoms with E-state index in [1.165, 1.54) is 0 Å². The standard InChI is InChI=1S/C7H14O2Si/c1-6(7-5-8-7)9-10(2,3)4/h7H,1,5H2,2-4H3. The molecule has 1 aliphatic heterocycles. The Balaban J connectivity index is 2.30. The molecule has 0 saturated carbocycles. The molecule has 0 aromatic heterocycles. The summed E-state index contributed by atoms with van der Waals surface area (Å²) in [5, 5.41) is 0. The van der Waals surface area contributed by atoms with Crippen molar-refractivity contribution < 1.29 is 9.16 Å². The zero-order valence-corrected chi connectivity index (χ0v) is 7.81. The molecule has 0 amide bonds. The van der Waals surface area contributed by atoms with Crippen molar-refractivity contribution in [1.29, 1.82) is 0 Å². The molecular formula is C7H14O2Si. The molecule has 1 unspecified atom stereocenters. The topological polar surface area (TPSA) is 21.8 Å². The lowest BCUT2D eigenvalue weighted by Gasteiger charge is -2.19. The summed E-state index contributed by atoms with van der Waals surface area (Å²) in [6.07, 6.45) is 0.201. The second kappa shape index (κ2) is 2.40. The van der Waals surface area contributed by atoms with Gasteiger partial charge in [-0.2, -0.15) is 0 Å². The van der Waals surface area contributed by atoms with Gasteiger partial charge in [0.1, 0.15) is 11.9 Å². The van der Waals surface area contributed by atoms with E-state index in [4.69, 9.17) is 9.16 Å². The maximum absolute atomic E-state index is 5.58. The SMILES string of the molecule is C=C(O[Si](C)(C)C)C1CO1. The number of rotatable bonds is 3. The largest absolute Gasteiger partial charge is 0.546 e. The highest BCUT2D eigenvalue weighted by molar-refractivity contribution is 6.70. The molecule has 0 aromatic rings. The van der Waals surface area contributed by atoms with E-state index in [1.807, 2.05) is 0 Å². The van der Waals surface area contributed by atoms with Gasteiger partial charge >= 0.3 is 0 Å². The Morgan fingerprint density at radius 3 is 2.40 bits per heavy atom. The quantitative estimate of drug-likeness (QED) is 0.354. The average molecular weight is 158 g/mol. The van der Waals surface area contributed by atoms with Crippen LogP contribution in [0.3, 0.4) is 0 Å². The predicted octanol–water partition coefficient (Wildman–Crippen LogP) is 1.75. The van der Waals surface area contributed by atoms with Crippen LogP contribution in [0.2, 0.25) is 19.6 Å². The second-order valence-corrected chi connectivity index (χ2v) is 7.93. The summed E-state index contributed by atoms with van der Waals surface area (Å²) in [7, 11) is -1.42. The van der Waals surface area contributed by atoms with E-state index in [1.54, 1.807) is 0 Å². The van der Waals surface area contributed by atoms with Crippen molar-refractivity contribution in [3.63, 3.8) is 0 Å². The van der Waals surface area contributed by atoms with Gasteiger partial charge in [-0.3, -0.25) is 0 Å². The lowest BCUT2D eigenvalue weighted by molar-refractivity contribution is 0.337. The fourth-order valence-corrected chi connectivity index (χ4v) is 1.61. The van der Waals surface area contributed by atoms with E-state index >= 15 is 0 Å². The van der Waals surface area contributed by atoms with Crippen molar-refractivity contribution >= 4 is 8.32 Å². The van der Waals surface area contributed by atoms with Crippen LogP contribution >= 0.6 is 0 Å². The first-order chi connectivity index (χ1) is 4.49. The van der Waals surface area contributed by atoms with Crippen molar-refractivity contribution in [2.24, 2.45) is 0 Å². The predicted molar refractivity (Wildman–Crippen MR) is 43.3 cm³/mol. The van der Waals surface area contributed by atoms with E-state index in [0.717, 1.165) is 12.4 Å². The molecule has 0 N–H and O–H groups in total. The number of hydrogen-bond donors (Lipinski definition) is 0. The molecular weight excluding hydrogens is 144 g/mol.